The molecule has 0 heterocycles. The number of allylic oxidation sites excluding steroid dienone is 1. The summed E-state index contributed by atoms with van der Waals surface area (Å²) in [6.45, 7) is 7.86. The van der Waals surface area contributed by atoms with Crippen LogP contribution < -0.4 is 5.73 Å². The van der Waals surface area contributed by atoms with Gasteiger partial charge in [0.05, 0.1) is 0 Å². The summed E-state index contributed by atoms with van der Waals surface area (Å²) in [5.74, 6) is 0. The van der Waals surface area contributed by atoms with E-state index in [4.69, 9.17) is 10.5 Å². The number of rotatable bonds is 6. The van der Waals surface area contributed by atoms with Gasteiger partial charge in [-0.15, -0.1) is 0 Å². The Kier molecular flexibility index (Phi) is 7.11. The Morgan fingerprint density at radius 2 is 2.08 bits per heavy atom. The van der Waals surface area contributed by atoms with Crippen molar-refractivity contribution in [2.45, 2.75) is 39.7 Å². The molecule has 0 aromatic carbocycles. The smallest absolute Gasteiger partial charge is 0.0483 e. The fourth-order valence-electron chi connectivity index (χ4n) is 0.977. The van der Waals surface area contributed by atoms with Gasteiger partial charge in [-0.1, -0.05) is 18.6 Å². The summed E-state index contributed by atoms with van der Waals surface area (Å²) < 4.78 is 5.33. The molecule has 2 nitrogen and oxygen atoms in total. The van der Waals surface area contributed by atoms with Gasteiger partial charge in [0, 0.05) is 19.3 Å². The molecule has 0 fully saturated rings. The minimum absolute atomic E-state index is 0.159. The van der Waals surface area contributed by atoms with Gasteiger partial charge in [0.25, 0.3) is 0 Å². The zero-order chi connectivity index (χ0) is 9.40. The van der Waals surface area contributed by atoms with Crippen molar-refractivity contribution >= 4 is 0 Å². The molecule has 0 amide bonds. The maximum absolute atomic E-state index is 5.80. The second-order valence-corrected chi connectivity index (χ2v) is 3.31. The van der Waals surface area contributed by atoms with E-state index >= 15 is 0 Å². The van der Waals surface area contributed by atoms with Gasteiger partial charge in [-0.3, -0.25) is 0 Å². The molecule has 0 spiro atoms. The molecule has 0 aliphatic rings. The van der Waals surface area contributed by atoms with Crippen molar-refractivity contribution < 1.29 is 4.74 Å². The lowest BCUT2D eigenvalue weighted by atomic mass is 10.1. The van der Waals surface area contributed by atoms with E-state index in [-0.39, 0.29) is 6.04 Å². The quantitative estimate of drug-likeness (QED) is 0.490. The average molecular weight is 171 g/mol. The number of nitrogens with two attached hydrogens (primary N) is 1. The molecule has 0 bridgehead atoms. The van der Waals surface area contributed by atoms with Crippen molar-refractivity contribution in [1.82, 2.24) is 0 Å². The molecule has 12 heavy (non-hydrogen) atoms. The van der Waals surface area contributed by atoms with Gasteiger partial charge in [-0.25, -0.2) is 0 Å². The third kappa shape index (κ3) is 7.76. The molecule has 0 radical (unpaired) electrons. The number of hydrogen-bond donors (Lipinski definition) is 1. The van der Waals surface area contributed by atoms with Gasteiger partial charge in [0.1, 0.15) is 0 Å². The lowest BCUT2D eigenvalue weighted by molar-refractivity contribution is 0.130. The van der Waals surface area contributed by atoms with E-state index in [1.54, 1.807) is 0 Å². The number of ether oxygens (including phenoxy) is 1. The normalized spacial score (nSPS) is 12.7. The van der Waals surface area contributed by atoms with Crippen molar-refractivity contribution in [3.63, 3.8) is 0 Å². The van der Waals surface area contributed by atoms with Crippen LogP contribution in [0.4, 0.5) is 0 Å². The summed E-state index contributed by atoms with van der Waals surface area (Å²) >= 11 is 0. The van der Waals surface area contributed by atoms with E-state index in [2.05, 4.69) is 26.8 Å². The Hall–Kier alpha value is -0.340. The van der Waals surface area contributed by atoms with Gasteiger partial charge in [-0.05, 0) is 26.7 Å². The zero-order valence-electron chi connectivity index (χ0n) is 8.47. The van der Waals surface area contributed by atoms with E-state index in [9.17, 15) is 0 Å². The van der Waals surface area contributed by atoms with Crippen LogP contribution in [0.2, 0.25) is 0 Å². The monoisotopic (exact) mass is 171 g/mol. The fourth-order valence-corrected chi connectivity index (χ4v) is 0.977. The van der Waals surface area contributed by atoms with E-state index in [0.717, 1.165) is 26.1 Å². The maximum Gasteiger partial charge on any atom is 0.0483 e. The van der Waals surface area contributed by atoms with E-state index in [1.165, 1.54) is 5.57 Å². The molecule has 0 saturated heterocycles. The molecule has 0 aromatic heterocycles. The second kappa shape index (κ2) is 7.32. The molecule has 0 saturated carbocycles. The molecule has 0 aliphatic heterocycles. The molecule has 0 aliphatic carbocycles. The Balaban J connectivity index is 3.32. The van der Waals surface area contributed by atoms with E-state index in [1.807, 2.05) is 0 Å². The molecular weight excluding hydrogens is 150 g/mol. The summed E-state index contributed by atoms with van der Waals surface area (Å²) in [6, 6.07) is 0.159. The van der Waals surface area contributed by atoms with Gasteiger partial charge in [-0.2, -0.15) is 0 Å². The minimum Gasteiger partial charge on any atom is -0.381 e. The standard InChI is InChI=1S/C10H21NO/c1-4-6-12-7-5-10(11)8-9(2)3/h8,10H,4-7,11H2,1-3H3. The second-order valence-electron chi connectivity index (χ2n) is 3.31. The maximum atomic E-state index is 5.80. The van der Waals surface area contributed by atoms with Crippen molar-refractivity contribution in [3.8, 4) is 0 Å². The predicted molar refractivity (Wildman–Crippen MR) is 53.1 cm³/mol. The van der Waals surface area contributed by atoms with Crippen molar-refractivity contribution in [2.24, 2.45) is 5.73 Å². The van der Waals surface area contributed by atoms with Crippen LogP contribution in [0, 0.1) is 0 Å². The molecule has 0 aromatic rings. The van der Waals surface area contributed by atoms with Gasteiger partial charge >= 0.3 is 0 Å². The first-order valence-electron chi connectivity index (χ1n) is 4.65. The average Bonchev–Trinajstić information content (AvgIpc) is 1.97. The van der Waals surface area contributed by atoms with Gasteiger partial charge in [0.15, 0.2) is 0 Å². The first kappa shape index (κ1) is 11.7. The summed E-state index contributed by atoms with van der Waals surface area (Å²) in [4.78, 5) is 0. The molecule has 1 unspecified atom stereocenters. The van der Waals surface area contributed by atoms with Crippen molar-refractivity contribution in [3.05, 3.63) is 11.6 Å². The van der Waals surface area contributed by atoms with Crippen LogP contribution in [0.5, 0.6) is 0 Å². The first-order chi connectivity index (χ1) is 5.66. The van der Waals surface area contributed by atoms with Crippen molar-refractivity contribution in [2.75, 3.05) is 13.2 Å². The molecule has 2 N–H and O–H groups in total. The van der Waals surface area contributed by atoms with Crippen LogP contribution in [0.25, 0.3) is 0 Å². The third-order valence-electron chi connectivity index (χ3n) is 1.49. The van der Waals surface area contributed by atoms with E-state index < -0.39 is 0 Å². The van der Waals surface area contributed by atoms with Gasteiger partial charge in [0.2, 0.25) is 0 Å². The topological polar surface area (TPSA) is 35.2 Å². The van der Waals surface area contributed by atoms with Crippen LogP contribution in [0.15, 0.2) is 11.6 Å². The highest BCUT2D eigenvalue weighted by molar-refractivity contribution is 4.99. The predicted octanol–water partition coefficient (Wildman–Crippen LogP) is 2.10. The molecule has 2 heteroatoms. The summed E-state index contributed by atoms with van der Waals surface area (Å²) in [7, 11) is 0. The van der Waals surface area contributed by atoms with Crippen LogP contribution in [-0.4, -0.2) is 19.3 Å². The lowest BCUT2D eigenvalue weighted by Gasteiger charge is -2.07. The molecule has 1 atom stereocenters. The first-order valence-corrected chi connectivity index (χ1v) is 4.65. The fraction of sp³-hybridized carbons (Fsp3) is 0.800. The summed E-state index contributed by atoms with van der Waals surface area (Å²) in [6.07, 6.45) is 4.08. The van der Waals surface area contributed by atoms with Gasteiger partial charge < -0.3 is 10.5 Å². The molecule has 72 valence electrons. The summed E-state index contributed by atoms with van der Waals surface area (Å²) in [5, 5.41) is 0. The highest BCUT2D eigenvalue weighted by Gasteiger charge is 1.97. The van der Waals surface area contributed by atoms with Crippen LogP contribution >= 0.6 is 0 Å². The Morgan fingerprint density at radius 1 is 1.42 bits per heavy atom. The summed E-state index contributed by atoms with van der Waals surface area (Å²) in [5.41, 5.74) is 7.08. The third-order valence-corrected chi connectivity index (χ3v) is 1.49. The molecular formula is C10H21NO. The largest absolute Gasteiger partial charge is 0.381 e. The highest BCUT2D eigenvalue weighted by Crippen LogP contribution is 1.97. The lowest BCUT2D eigenvalue weighted by Crippen LogP contribution is -2.19. The SMILES string of the molecule is CCCOCCC(N)C=C(C)C. The Bertz CT molecular complexity index is 128. The van der Waals surface area contributed by atoms with Crippen molar-refractivity contribution in [1.29, 1.82) is 0 Å². The number of hydrogen-bond acceptors (Lipinski definition) is 2. The van der Waals surface area contributed by atoms with E-state index in [0.29, 0.717) is 0 Å². The van der Waals surface area contributed by atoms with Crippen LogP contribution in [-0.2, 0) is 4.74 Å². The Morgan fingerprint density at radius 3 is 2.58 bits per heavy atom. The van der Waals surface area contributed by atoms with Crippen LogP contribution in [0.3, 0.4) is 0 Å². The van der Waals surface area contributed by atoms with Crippen LogP contribution in [0.1, 0.15) is 33.6 Å². The Labute approximate surface area is 75.8 Å². The molecule has 0 rings (SSSR count). The minimum atomic E-state index is 0.159. The zero-order valence-corrected chi connectivity index (χ0v) is 8.47. The highest BCUT2D eigenvalue weighted by atomic mass is 16.5.